The summed E-state index contributed by atoms with van der Waals surface area (Å²) in [6.45, 7) is 0. The van der Waals surface area contributed by atoms with Crippen LogP contribution in [0.5, 0.6) is 5.75 Å². The number of hydrogen-bond acceptors (Lipinski definition) is 3. The zero-order chi connectivity index (χ0) is 14.8. The molecule has 1 heterocycles. The van der Waals surface area contributed by atoms with Gasteiger partial charge in [-0.05, 0) is 39.7 Å². The first kappa shape index (κ1) is 14.4. The van der Waals surface area contributed by atoms with Crippen molar-refractivity contribution in [2.24, 2.45) is 0 Å². The highest BCUT2D eigenvalue weighted by Crippen LogP contribution is 2.29. The maximum absolute atomic E-state index is 13.5. The van der Waals surface area contributed by atoms with Gasteiger partial charge in [0.25, 0.3) is 0 Å². The van der Waals surface area contributed by atoms with Gasteiger partial charge in [-0.2, -0.15) is 0 Å². The number of aromatic amines is 1. The lowest BCUT2D eigenvalue weighted by Crippen LogP contribution is -1.87. The monoisotopic (exact) mass is 366 g/mol. The van der Waals surface area contributed by atoms with Crippen LogP contribution in [0.4, 0.5) is 4.39 Å². The molecule has 0 aliphatic rings. The van der Waals surface area contributed by atoms with Gasteiger partial charge >= 0.3 is 0 Å². The number of methoxy groups -OCH3 is 1. The van der Waals surface area contributed by atoms with Crippen LogP contribution in [0.3, 0.4) is 0 Å². The van der Waals surface area contributed by atoms with E-state index in [-0.39, 0.29) is 5.82 Å². The van der Waals surface area contributed by atoms with E-state index < -0.39 is 0 Å². The number of rotatable bonds is 4. The second kappa shape index (κ2) is 6.07. The van der Waals surface area contributed by atoms with Gasteiger partial charge in [0, 0.05) is 11.8 Å². The molecule has 0 fully saturated rings. The summed E-state index contributed by atoms with van der Waals surface area (Å²) in [5.74, 6) is 1.17. The summed E-state index contributed by atoms with van der Waals surface area (Å²) in [6.07, 6.45) is 0. The summed E-state index contributed by atoms with van der Waals surface area (Å²) in [5, 5.41) is 0.800. The van der Waals surface area contributed by atoms with E-state index in [9.17, 15) is 4.39 Å². The van der Waals surface area contributed by atoms with E-state index in [1.165, 1.54) is 17.8 Å². The summed E-state index contributed by atoms with van der Waals surface area (Å²) >= 11 is 4.80. The van der Waals surface area contributed by atoms with Crippen molar-refractivity contribution >= 4 is 38.7 Å². The van der Waals surface area contributed by atoms with Crippen molar-refractivity contribution in [3.05, 3.63) is 52.3 Å². The highest BCUT2D eigenvalue weighted by molar-refractivity contribution is 9.10. The largest absolute Gasteiger partial charge is 0.497 e. The molecule has 6 heteroatoms. The van der Waals surface area contributed by atoms with E-state index in [4.69, 9.17) is 4.74 Å². The third-order valence-electron chi connectivity index (χ3n) is 3.06. The van der Waals surface area contributed by atoms with Gasteiger partial charge < -0.3 is 9.72 Å². The molecule has 0 aliphatic carbocycles. The molecule has 0 aliphatic heterocycles. The minimum absolute atomic E-state index is 0.248. The second-order valence-electron chi connectivity index (χ2n) is 4.43. The molecular formula is C15H12BrFN2OS. The molecule has 3 nitrogen and oxygen atoms in total. The fourth-order valence-electron chi connectivity index (χ4n) is 1.97. The van der Waals surface area contributed by atoms with Gasteiger partial charge in [0.05, 0.1) is 22.6 Å². The van der Waals surface area contributed by atoms with Crippen molar-refractivity contribution in [3.63, 3.8) is 0 Å². The molecule has 1 N–H and O–H groups in total. The normalized spacial score (nSPS) is 11.0. The highest BCUT2D eigenvalue weighted by Gasteiger charge is 2.08. The van der Waals surface area contributed by atoms with Crippen LogP contribution in [0.25, 0.3) is 11.0 Å². The Bertz CT molecular complexity index is 790. The lowest BCUT2D eigenvalue weighted by molar-refractivity contribution is 0.415. The number of benzene rings is 2. The Hall–Kier alpha value is -1.53. The smallest absolute Gasteiger partial charge is 0.166 e. The van der Waals surface area contributed by atoms with Crippen LogP contribution in [-0.4, -0.2) is 17.1 Å². The summed E-state index contributed by atoms with van der Waals surface area (Å²) in [6, 6.07) is 10.7. The highest BCUT2D eigenvalue weighted by atomic mass is 79.9. The van der Waals surface area contributed by atoms with Gasteiger partial charge in [0.2, 0.25) is 0 Å². The number of ether oxygens (including phenoxy) is 1. The van der Waals surface area contributed by atoms with Crippen molar-refractivity contribution in [1.82, 2.24) is 9.97 Å². The van der Waals surface area contributed by atoms with E-state index in [0.717, 1.165) is 27.5 Å². The maximum Gasteiger partial charge on any atom is 0.166 e. The van der Waals surface area contributed by atoms with Crippen LogP contribution >= 0.6 is 27.7 Å². The topological polar surface area (TPSA) is 37.9 Å². The minimum atomic E-state index is -0.248. The Morgan fingerprint density at radius 1 is 1.33 bits per heavy atom. The molecule has 3 aromatic rings. The van der Waals surface area contributed by atoms with Crippen molar-refractivity contribution in [2.45, 2.75) is 10.9 Å². The lowest BCUT2D eigenvalue weighted by atomic mass is 10.2. The number of nitrogens with one attached hydrogen (secondary N) is 1. The van der Waals surface area contributed by atoms with Crippen LogP contribution in [0.15, 0.2) is 46.0 Å². The third-order valence-corrected chi connectivity index (χ3v) is 4.87. The molecule has 2 aromatic carbocycles. The third kappa shape index (κ3) is 3.06. The Kier molecular flexibility index (Phi) is 4.17. The second-order valence-corrected chi connectivity index (χ2v) is 6.18. The molecule has 0 unspecified atom stereocenters. The van der Waals surface area contributed by atoms with Gasteiger partial charge in [-0.25, -0.2) is 9.37 Å². The molecule has 0 radical (unpaired) electrons. The predicted octanol–water partition coefficient (Wildman–Crippen LogP) is 4.77. The van der Waals surface area contributed by atoms with Crippen LogP contribution in [0.2, 0.25) is 0 Å². The van der Waals surface area contributed by atoms with Crippen LogP contribution < -0.4 is 4.74 Å². The van der Waals surface area contributed by atoms with E-state index in [0.29, 0.717) is 10.2 Å². The number of halogens is 2. The van der Waals surface area contributed by atoms with Gasteiger partial charge in [-0.15, -0.1) is 0 Å². The molecular weight excluding hydrogens is 355 g/mol. The van der Waals surface area contributed by atoms with Gasteiger partial charge in [0.1, 0.15) is 11.6 Å². The number of thioether (sulfide) groups is 1. The number of nitrogens with zero attached hydrogens (tertiary/aromatic N) is 1. The van der Waals surface area contributed by atoms with Gasteiger partial charge in [0.15, 0.2) is 5.16 Å². The Balaban J connectivity index is 1.80. The fraction of sp³-hybridized carbons (Fsp3) is 0.133. The zero-order valence-electron chi connectivity index (χ0n) is 11.2. The molecule has 108 valence electrons. The van der Waals surface area contributed by atoms with E-state index in [2.05, 4.69) is 25.9 Å². The molecule has 0 saturated heterocycles. The summed E-state index contributed by atoms with van der Waals surface area (Å²) < 4.78 is 19.2. The molecule has 0 atom stereocenters. The molecule has 21 heavy (non-hydrogen) atoms. The van der Waals surface area contributed by atoms with E-state index in [1.807, 2.05) is 24.3 Å². The average Bonchev–Trinajstić information content (AvgIpc) is 2.90. The van der Waals surface area contributed by atoms with Gasteiger partial charge in [-0.1, -0.05) is 23.9 Å². The SMILES string of the molecule is COc1ccc2nc(SCc3cccc(F)c3Br)[nH]c2c1. The first-order valence-corrected chi connectivity index (χ1v) is 8.04. The molecule has 0 bridgehead atoms. The van der Waals surface area contributed by atoms with Crippen molar-refractivity contribution < 1.29 is 9.13 Å². The maximum atomic E-state index is 13.5. The first-order valence-electron chi connectivity index (χ1n) is 6.27. The summed E-state index contributed by atoms with van der Waals surface area (Å²) in [4.78, 5) is 7.74. The lowest BCUT2D eigenvalue weighted by Gasteiger charge is -2.03. The molecule has 0 spiro atoms. The van der Waals surface area contributed by atoms with Crippen molar-refractivity contribution in [1.29, 1.82) is 0 Å². The molecule has 3 rings (SSSR count). The van der Waals surface area contributed by atoms with Crippen LogP contribution in [0, 0.1) is 5.82 Å². The summed E-state index contributed by atoms with van der Waals surface area (Å²) in [5.41, 5.74) is 2.71. The van der Waals surface area contributed by atoms with E-state index >= 15 is 0 Å². The van der Waals surface area contributed by atoms with E-state index in [1.54, 1.807) is 13.2 Å². The average molecular weight is 367 g/mol. The van der Waals surface area contributed by atoms with Gasteiger partial charge in [-0.3, -0.25) is 0 Å². The van der Waals surface area contributed by atoms with Crippen LogP contribution in [0.1, 0.15) is 5.56 Å². The quantitative estimate of drug-likeness (QED) is 0.676. The Morgan fingerprint density at radius 2 is 2.19 bits per heavy atom. The van der Waals surface area contributed by atoms with Crippen molar-refractivity contribution in [2.75, 3.05) is 7.11 Å². The molecule has 1 aromatic heterocycles. The van der Waals surface area contributed by atoms with Crippen LogP contribution in [-0.2, 0) is 5.75 Å². The fourth-order valence-corrected chi connectivity index (χ4v) is 3.43. The molecule has 0 amide bonds. The number of hydrogen-bond donors (Lipinski definition) is 1. The minimum Gasteiger partial charge on any atom is -0.497 e. The predicted molar refractivity (Wildman–Crippen MR) is 86.3 cm³/mol. The number of fused-ring (bicyclic) bond motifs is 1. The Labute approximate surface area is 134 Å². The first-order chi connectivity index (χ1) is 10.2. The molecule has 0 saturated carbocycles. The Morgan fingerprint density at radius 3 is 3.00 bits per heavy atom. The van der Waals surface area contributed by atoms with Crippen molar-refractivity contribution in [3.8, 4) is 5.75 Å². The number of aromatic nitrogens is 2. The zero-order valence-corrected chi connectivity index (χ0v) is 13.6. The number of H-pyrrole nitrogens is 1. The number of imidazole rings is 1. The summed E-state index contributed by atoms with van der Waals surface area (Å²) in [7, 11) is 1.63. The standard InChI is InChI=1S/C15H12BrFN2OS/c1-20-10-5-6-12-13(7-10)19-15(18-12)21-8-9-3-2-4-11(17)14(9)16/h2-7H,8H2,1H3,(H,18,19).